The van der Waals surface area contributed by atoms with Crippen LogP contribution in [0.4, 0.5) is 0 Å². The SMILES string of the molecule is O=C(c1noc(-c2ccncc2)n1)N(C1CCCCC1)C1CCCCC1. The summed E-state index contributed by atoms with van der Waals surface area (Å²) in [6, 6.07) is 4.26. The van der Waals surface area contributed by atoms with Crippen LogP contribution < -0.4 is 0 Å². The van der Waals surface area contributed by atoms with Crippen LogP contribution in [0, 0.1) is 0 Å². The number of aromatic nitrogens is 3. The molecule has 0 aromatic carbocycles. The Hall–Kier alpha value is -2.24. The zero-order valence-corrected chi connectivity index (χ0v) is 15.1. The monoisotopic (exact) mass is 354 g/mol. The Morgan fingerprint density at radius 2 is 1.50 bits per heavy atom. The molecule has 0 N–H and O–H groups in total. The van der Waals surface area contributed by atoms with E-state index in [-0.39, 0.29) is 11.7 Å². The van der Waals surface area contributed by atoms with E-state index in [9.17, 15) is 4.79 Å². The molecule has 6 nitrogen and oxygen atoms in total. The molecule has 26 heavy (non-hydrogen) atoms. The first kappa shape index (κ1) is 17.2. The van der Waals surface area contributed by atoms with Gasteiger partial charge in [0.05, 0.1) is 0 Å². The fourth-order valence-electron chi connectivity index (χ4n) is 4.39. The zero-order valence-electron chi connectivity index (χ0n) is 15.1. The van der Waals surface area contributed by atoms with E-state index in [1.54, 1.807) is 12.4 Å². The highest BCUT2D eigenvalue weighted by atomic mass is 16.5. The van der Waals surface area contributed by atoms with Crippen LogP contribution in [0.25, 0.3) is 11.5 Å². The summed E-state index contributed by atoms with van der Waals surface area (Å²) < 4.78 is 5.36. The van der Waals surface area contributed by atoms with Crippen LogP contribution in [0.3, 0.4) is 0 Å². The van der Waals surface area contributed by atoms with Crippen LogP contribution >= 0.6 is 0 Å². The maximum atomic E-state index is 13.3. The topological polar surface area (TPSA) is 72.1 Å². The number of nitrogens with zero attached hydrogens (tertiary/aromatic N) is 4. The van der Waals surface area contributed by atoms with Gasteiger partial charge in [-0.15, -0.1) is 0 Å². The molecule has 2 aliphatic carbocycles. The number of carbonyl (C=O) groups excluding carboxylic acids is 1. The van der Waals surface area contributed by atoms with Gasteiger partial charge in [-0.25, -0.2) is 0 Å². The fraction of sp³-hybridized carbons (Fsp3) is 0.600. The Kier molecular flexibility index (Phi) is 5.27. The highest BCUT2D eigenvalue weighted by Gasteiger charge is 2.35. The van der Waals surface area contributed by atoms with Gasteiger partial charge in [-0.1, -0.05) is 43.7 Å². The van der Waals surface area contributed by atoms with Crippen LogP contribution in [0.1, 0.15) is 74.8 Å². The van der Waals surface area contributed by atoms with Gasteiger partial charge in [0.15, 0.2) is 0 Å². The van der Waals surface area contributed by atoms with E-state index in [0.717, 1.165) is 31.2 Å². The number of hydrogen-bond acceptors (Lipinski definition) is 5. The summed E-state index contributed by atoms with van der Waals surface area (Å²) in [5.41, 5.74) is 0.786. The van der Waals surface area contributed by atoms with Crippen molar-refractivity contribution in [1.82, 2.24) is 20.0 Å². The molecular weight excluding hydrogens is 328 g/mol. The standard InChI is InChI=1S/C20H26N4O2/c25-20(18-22-19(26-23-18)15-11-13-21-14-12-15)24(16-7-3-1-4-8-16)17-9-5-2-6-10-17/h11-14,16-17H,1-10H2. The summed E-state index contributed by atoms with van der Waals surface area (Å²) in [6.45, 7) is 0. The van der Waals surface area contributed by atoms with Crippen LogP contribution in [0.5, 0.6) is 0 Å². The molecule has 0 aliphatic heterocycles. The van der Waals surface area contributed by atoms with Gasteiger partial charge in [-0.05, 0) is 37.8 Å². The maximum Gasteiger partial charge on any atom is 0.295 e. The third-order valence-corrected chi connectivity index (χ3v) is 5.72. The first-order valence-corrected chi connectivity index (χ1v) is 9.90. The van der Waals surface area contributed by atoms with Gasteiger partial charge in [-0.2, -0.15) is 4.98 Å². The minimum absolute atomic E-state index is 0.0622. The second-order valence-electron chi connectivity index (χ2n) is 7.46. The Bertz CT molecular complexity index is 700. The maximum absolute atomic E-state index is 13.3. The second kappa shape index (κ2) is 7.98. The van der Waals surface area contributed by atoms with E-state index in [1.165, 1.54) is 38.5 Å². The summed E-state index contributed by atoms with van der Waals surface area (Å²) in [6.07, 6.45) is 15.1. The molecule has 6 heteroatoms. The number of pyridine rings is 1. The van der Waals surface area contributed by atoms with Crippen molar-refractivity contribution in [3.05, 3.63) is 30.4 Å². The molecule has 2 heterocycles. The van der Waals surface area contributed by atoms with E-state index >= 15 is 0 Å². The molecule has 0 saturated heterocycles. The Morgan fingerprint density at radius 1 is 0.923 bits per heavy atom. The molecule has 2 aromatic rings. The number of amides is 1. The molecule has 138 valence electrons. The minimum atomic E-state index is -0.0622. The summed E-state index contributed by atoms with van der Waals surface area (Å²) >= 11 is 0. The molecule has 2 aromatic heterocycles. The largest absolute Gasteiger partial charge is 0.333 e. The lowest BCUT2D eigenvalue weighted by Gasteiger charge is -2.41. The zero-order chi connectivity index (χ0) is 17.8. The first-order valence-electron chi connectivity index (χ1n) is 9.90. The van der Waals surface area contributed by atoms with Gasteiger partial charge >= 0.3 is 0 Å². The molecular formula is C20H26N4O2. The summed E-state index contributed by atoms with van der Waals surface area (Å²) in [5.74, 6) is 0.504. The number of rotatable bonds is 4. The van der Waals surface area contributed by atoms with E-state index < -0.39 is 0 Å². The smallest absolute Gasteiger partial charge is 0.295 e. The van der Waals surface area contributed by atoms with Crippen LogP contribution in [-0.4, -0.2) is 38.0 Å². The minimum Gasteiger partial charge on any atom is -0.333 e. The van der Waals surface area contributed by atoms with E-state index in [4.69, 9.17) is 4.52 Å². The molecule has 2 fully saturated rings. The molecule has 0 bridgehead atoms. The average Bonchev–Trinajstić information content (AvgIpc) is 3.21. The molecule has 1 amide bonds. The van der Waals surface area contributed by atoms with Gasteiger partial charge in [0, 0.05) is 30.0 Å². The fourth-order valence-corrected chi connectivity index (χ4v) is 4.39. The van der Waals surface area contributed by atoms with Crippen LogP contribution in [0.2, 0.25) is 0 Å². The number of hydrogen-bond donors (Lipinski definition) is 0. The first-order chi connectivity index (χ1) is 12.8. The predicted octanol–water partition coefficient (Wildman–Crippen LogP) is 4.24. The molecule has 4 rings (SSSR count). The Morgan fingerprint density at radius 3 is 2.08 bits per heavy atom. The van der Waals surface area contributed by atoms with Crippen molar-refractivity contribution in [2.24, 2.45) is 0 Å². The second-order valence-corrected chi connectivity index (χ2v) is 7.46. The summed E-state index contributed by atoms with van der Waals surface area (Å²) in [4.78, 5) is 23.8. The van der Waals surface area contributed by atoms with Crippen molar-refractivity contribution in [1.29, 1.82) is 0 Å². The summed E-state index contributed by atoms with van der Waals surface area (Å²) in [7, 11) is 0. The van der Waals surface area contributed by atoms with E-state index in [0.29, 0.717) is 18.0 Å². The van der Waals surface area contributed by atoms with Gasteiger partial charge < -0.3 is 9.42 Å². The number of carbonyl (C=O) groups is 1. The van der Waals surface area contributed by atoms with Gasteiger partial charge in [0.25, 0.3) is 17.6 Å². The lowest BCUT2D eigenvalue weighted by atomic mass is 9.88. The Labute approximate surface area is 154 Å². The van der Waals surface area contributed by atoms with Crippen molar-refractivity contribution in [3.8, 4) is 11.5 Å². The van der Waals surface area contributed by atoms with Crippen molar-refractivity contribution >= 4 is 5.91 Å². The highest BCUT2D eigenvalue weighted by Crippen LogP contribution is 2.31. The summed E-state index contributed by atoms with van der Waals surface area (Å²) in [5, 5.41) is 4.01. The van der Waals surface area contributed by atoms with Crippen molar-refractivity contribution in [2.45, 2.75) is 76.3 Å². The Balaban J connectivity index is 1.58. The van der Waals surface area contributed by atoms with Crippen LogP contribution in [0.15, 0.2) is 29.0 Å². The average molecular weight is 354 g/mol. The van der Waals surface area contributed by atoms with Gasteiger partial charge in [0.2, 0.25) is 0 Å². The predicted molar refractivity (Wildman–Crippen MR) is 97.4 cm³/mol. The van der Waals surface area contributed by atoms with E-state index in [1.807, 2.05) is 12.1 Å². The van der Waals surface area contributed by atoms with Crippen LogP contribution in [-0.2, 0) is 0 Å². The van der Waals surface area contributed by atoms with Crippen molar-refractivity contribution in [3.63, 3.8) is 0 Å². The quantitative estimate of drug-likeness (QED) is 0.821. The molecule has 2 aliphatic rings. The molecule has 0 radical (unpaired) electrons. The molecule has 0 spiro atoms. The van der Waals surface area contributed by atoms with Crippen molar-refractivity contribution in [2.75, 3.05) is 0 Å². The lowest BCUT2D eigenvalue weighted by molar-refractivity contribution is 0.0433. The molecule has 2 saturated carbocycles. The normalized spacial score (nSPS) is 19.4. The highest BCUT2D eigenvalue weighted by molar-refractivity contribution is 5.91. The lowest BCUT2D eigenvalue weighted by Crippen LogP contribution is -2.49. The van der Waals surface area contributed by atoms with Gasteiger partial charge in [0.1, 0.15) is 0 Å². The molecule has 0 atom stereocenters. The third-order valence-electron chi connectivity index (χ3n) is 5.72. The van der Waals surface area contributed by atoms with E-state index in [2.05, 4.69) is 20.0 Å². The van der Waals surface area contributed by atoms with Crippen molar-refractivity contribution < 1.29 is 9.32 Å². The molecule has 0 unspecified atom stereocenters. The third kappa shape index (κ3) is 3.64. The van der Waals surface area contributed by atoms with Gasteiger partial charge in [-0.3, -0.25) is 9.78 Å².